The second-order valence-electron chi connectivity index (χ2n) is 5.89. The fourth-order valence-corrected chi connectivity index (χ4v) is 2.46. The van der Waals surface area contributed by atoms with Crippen molar-refractivity contribution in [3.63, 3.8) is 0 Å². The van der Waals surface area contributed by atoms with E-state index in [-0.39, 0.29) is 24.7 Å². The largest absolute Gasteiger partial charge is 0.492 e. The highest BCUT2D eigenvalue weighted by molar-refractivity contribution is 5.71. The van der Waals surface area contributed by atoms with Gasteiger partial charge in [0, 0.05) is 11.6 Å². The van der Waals surface area contributed by atoms with Crippen molar-refractivity contribution in [1.29, 1.82) is 0 Å². The number of carbonyl (C=O) groups is 1. The Kier molecular flexibility index (Phi) is 6.04. The molecule has 9 nitrogen and oxygen atoms in total. The molecule has 1 aromatic carbocycles. The van der Waals surface area contributed by atoms with Crippen LogP contribution in [0.15, 0.2) is 42.6 Å². The molecule has 0 saturated carbocycles. The fourth-order valence-electron chi connectivity index (χ4n) is 2.46. The quantitative estimate of drug-likeness (QED) is 0.565. The number of methoxy groups -OCH3 is 1. The normalized spacial score (nSPS) is 11.2. The van der Waals surface area contributed by atoms with E-state index in [4.69, 9.17) is 15.2 Å². The molecule has 0 fully saturated rings. The molecule has 0 saturated heterocycles. The summed E-state index contributed by atoms with van der Waals surface area (Å²) >= 11 is 0. The van der Waals surface area contributed by atoms with E-state index in [1.54, 1.807) is 24.3 Å². The van der Waals surface area contributed by atoms with Crippen LogP contribution in [0.5, 0.6) is 11.6 Å². The molecule has 0 unspecified atom stereocenters. The number of hydrogen-bond acceptors (Lipinski definition) is 6. The topological polar surface area (TPSA) is 117 Å². The van der Waals surface area contributed by atoms with E-state index in [2.05, 4.69) is 20.4 Å². The summed E-state index contributed by atoms with van der Waals surface area (Å²) in [5.74, 6) is -0.524. The molecule has 0 aliphatic carbocycles. The Morgan fingerprint density at radius 2 is 1.93 bits per heavy atom. The summed E-state index contributed by atoms with van der Waals surface area (Å²) in [7, 11) is 1.43. The molecule has 30 heavy (non-hydrogen) atoms. The van der Waals surface area contributed by atoms with E-state index in [1.165, 1.54) is 25.4 Å². The van der Waals surface area contributed by atoms with Gasteiger partial charge in [-0.15, -0.1) is 5.10 Å². The van der Waals surface area contributed by atoms with Crippen molar-refractivity contribution in [2.24, 2.45) is 5.73 Å². The summed E-state index contributed by atoms with van der Waals surface area (Å²) in [6.45, 7) is 0.388. The number of benzene rings is 1. The molecule has 0 aliphatic heterocycles. The molecule has 0 radical (unpaired) electrons. The summed E-state index contributed by atoms with van der Waals surface area (Å²) in [6, 6.07) is 8.60. The third kappa shape index (κ3) is 4.96. The van der Waals surface area contributed by atoms with Crippen molar-refractivity contribution < 1.29 is 27.4 Å². The van der Waals surface area contributed by atoms with E-state index in [0.29, 0.717) is 17.2 Å². The van der Waals surface area contributed by atoms with E-state index in [9.17, 15) is 18.0 Å². The number of carbonyl (C=O) groups excluding carboxylic acids is 1. The lowest BCUT2D eigenvalue weighted by molar-refractivity contribution is -0.144. The maximum Gasteiger partial charge on any atom is 0.453 e. The van der Waals surface area contributed by atoms with E-state index >= 15 is 0 Å². The number of amides is 2. The lowest BCUT2D eigenvalue weighted by Crippen LogP contribution is -2.32. The molecule has 2 aromatic heterocycles. The van der Waals surface area contributed by atoms with Gasteiger partial charge in [-0.1, -0.05) is 0 Å². The minimum atomic E-state index is -4.71. The number of nitrogens with one attached hydrogen (secondary N) is 1. The van der Waals surface area contributed by atoms with Crippen LogP contribution in [-0.4, -0.2) is 46.0 Å². The van der Waals surface area contributed by atoms with E-state index < -0.39 is 18.0 Å². The highest BCUT2D eigenvalue weighted by Gasteiger charge is 2.37. The molecule has 3 aromatic rings. The van der Waals surface area contributed by atoms with Crippen LogP contribution in [0.3, 0.4) is 0 Å². The minimum Gasteiger partial charge on any atom is -0.492 e. The van der Waals surface area contributed by atoms with Gasteiger partial charge in [-0.25, -0.2) is 19.4 Å². The lowest BCUT2D eigenvalue weighted by atomic mass is 10.2. The number of halogens is 3. The van der Waals surface area contributed by atoms with Gasteiger partial charge in [0.1, 0.15) is 12.4 Å². The van der Waals surface area contributed by atoms with Gasteiger partial charge in [-0.3, -0.25) is 0 Å². The summed E-state index contributed by atoms with van der Waals surface area (Å²) in [5, 5.41) is 5.97. The molecule has 0 atom stereocenters. The molecule has 158 valence electrons. The number of hydrogen-bond donors (Lipinski definition) is 2. The minimum absolute atomic E-state index is 0.0174. The van der Waals surface area contributed by atoms with Crippen LogP contribution in [0.2, 0.25) is 0 Å². The van der Waals surface area contributed by atoms with Gasteiger partial charge in [-0.2, -0.15) is 13.2 Å². The van der Waals surface area contributed by atoms with Crippen LogP contribution < -0.4 is 20.5 Å². The number of nitrogens with zero attached hydrogens (tertiary/aromatic N) is 4. The summed E-state index contributed by atoms with van der Waals surface area (Å²) in [6.07, 6.45) is -3.38. The summed E-state index contributed by atoms with van der Waals surface area (Å²) in [4.78, 5) is 18.3. The van der Waals surface area contributed by atoms with E-state index in [0.717, 1.165) is 4.68 Å². The van der Waals surface area contributed by atoms with Gasteiger partial charge in [0.15, 0.2) is 5.82 Å². The van der Waals surface area contributed by atoms with Crippen molar-refractivity contribution in [2.75, 3.05) is 20.3 Å². The van der Waals surface area contributed by atoms with E-state index in [1.807, 2.05) is 0 Å². The summed E-state index contributed by atoms with van der Waals surface area (Å²) < 4.78 is 51.0. The Morgan fingerprint density at radius 1 is 1.20 bits per heavy atom. The van der Waals surface area contributed by atoms with Crippen molar-refractivity contribution >= 4 is 6.03 Å². The van der Waals surface area contributed by atoms with Crippen molar-refractivity contribution in [3.8, 4) is 28.7 Å². The Bertz CT molecular complexity index is 1000. The number of primary amides is 1. The Labute approximate surface area is 168 Å². The number of ether oxygens (including phenoxy) is 2. The van der Waals surface area contributed by atoms with Gasteiger partial charge < -0.3 is 20.5 Å². The predicted molar refractivity (Wildman–Crippen MR) is 99.2 cm³/mol. The van der Waals surface area contributed by atoms with Gasteiger partial charge in [0.25, 0.3) is 5.82 Å². The highest BCUT2D eigenvalue weighted by atomic mass is 19.4. The third-order valence-electron chi connectivity index (χ3n) is 3.82. The molecule has 0 spiro atoms. The zero-order valence-electron chi connectivity index (χ0n) is 15.7. The molecular weight excluding hydrogens is 405 g/mol. The van der Waals surface area contributed by atoms with Crippen molar-refractivity contribution in [2.45, 2.75) is 6.18 Å². The van der Waals surface area contributed by atoms with Crippen LogP contribution in [0.4, 0.5) is 18.0 Å². The van der Waals surface area contributed by atoms with Crippen LogP contribution in [0.25, 0.3) is 17.1 Å². The molecule has 0 bridgehead atoms. The maximum absolute atomic E-state index is 13.2. The molecule has 2 amide bonds. The zero-order chi connectivity index (χ0) is 21.7. The Balaban J connectivity index is 1.88. The first-order chi connectivity index (χ1) is 14.3. The van der Waals surface area contributed by atoms with Gasteiger partial charge in [0.2, 0.25) is 5.88 Å². The number of aromatic nitrogens is 4. The van der Waals surface area contributed by atoms with Crippen LogP contribution >= 0.6 is 0 Å². The summed E-state index contributed by atoms with van der Waals surface area (Å²) in [5.41, 5.74) is 5.62. The van der Waals surface area contributed by atoms with Gasteiger partial charge in [0.05, 0.1) is 25.5 Å². The molecule has 12 heteroatoms. The number of pyridine rings is 1. The lowest BCUT2D eigenvalue weighted by Gasteiger charge is -2.09. The SMILES string of the molecule is COc1ccc(-n2nc(C(F)(F)F)nc2-c2ccc(OCCNC(N)=O)cc2)cn1. The van der Waals surface area contributed by atoms with Gasteiger partial charge in [-0.05, 0) is 30.3 Å². The Morgan fingerprint density at radius 3 is 2.50 bits per heavy atom. The Hall–Kier alpha value is -3.83. The third-order valence-corrected chi connectivity index (χ3v) is 3.82. The molecule has 0 aliphatic rings. The first-order valence-corrected chi connectivity index (χ1v) is 8.59. The predicted octanol–water partition coefficient (Wildman–Crippen LogP) is 2.40. The monoisotopic (exact) mass is 422 g/mol. The van der Waals surface area contributed by atoms with Crippen LogP contribution in [0, 0.1) is 0 Å². The smallest absolute Gasteiger partial charge is 0.453 e. The van der Waals surface area contributed by atoms with Crippen LogP contribution in [-0.2, 0) is 6.18 Å². The average molecular weight is 422 g/mol. The second kappa shape index (κ2) is 8.68. The average Bonchev–Trinajstić information content (AvgIpc) is 3.17. The van der Waals surface area contributed by atoms with Crippen molar-refractivity contribution in [3.05, 3.63) is 48.4 Å². The van der Waals surface area contributed by atoms with Crippen molar-refractivity contribution in [1.82, 2.24) is 25.1 Å². The number of urea groups is 1. The molecule has 2 heterocycles. The fraction of sp³-hybridized carbons (Fsp3) is 0.222. The molecule has 3 rings (SSSR count). The standard InChI is InChI=1S/C18H17F3N6O3/c1-29-14-7-4-12(10-24-14)27-15(25-16(26-27)18(19,20)21)11-2-5-13(6-3-11)30-9-8-23-17(22)28/h2-7,10H,8-9H2,1H3,(H3,22,23,28). The number of rotatable bonds is 7. The highest BCUT2D eigenvalue weighted by Crippen LogP contribution is 2.31. The van der Waals surface area contributed by atoms with Crippen LogP contribution in [0.1, 0.15) is 5.82 Å². The molecule has 3 N–H and O–H groups in total. The zero-order valence-corrected chi connectivity index (χ0v) is 15.7. The number of alkyl halides is 3. The molecular formula is C18H17F3N6O3. The first-order valence-electron chi connectivity index (χ1n) is 8.59. The maximum atomic E-state index is 13.2. The number of nitrogens with two attached hydrogens (primary N) is 1. The second-order valence-corrected chi connectivity index (χ2v) is 5.89. The van der Waals surface area contributed by atoms with Gasteiger partial charge >= 0.3 is 12.2 Å². The first kappa shape index (κ1) is 20.9.